The van der Waals surface area contributed by atoms with Crippen molar-refractivity contribution in [3.05, 3.63) is 43.0 Å². The molecule has 0 aromatic carbocycles. The van der Waals surface area contributed by atoms with Gasteiger partial charge in [0, 0.05) is 30.1 Å². The van der Waals surface area contributed by atoms with Crippen molar-refractivity contribution in [2.45, 2.75) is 31.5 Å². The summed E-state index contributed by atoms with van der Waals surface area (Å²) in [5.41, 5.74) is 8.15. The average Bonchev–Trinajstić information content (AvgIpc) is 3.22. The van der Waals surface area contributed by atoms with Gasteiger partial charge in [0.05, 0.1) is 25.3 Å². The molecule has 0 radical (unpaired) electrons. The predicted octanol–water partition coefficient (Wildman–Crippen LogP) is 5.56. The van der Waals surface area contributed by atoms with Gasteiger partial charge in [0.1, 0.15) is 11.3 Å². The number of nitrogens with two attached hydrogens (primary N) is 1. The van der Waals surface area contributed by atoms with Crippen molar-refractivity contribution in [1.29, 1.82) is 0 Å². The summed E-state index contributed by atoms with van der Waals surface area (Å²) >= 11 is 13.4. The molecular formula is C17H17BrClN3OS2. The van der Waals surface area contributed by atoms with E-state index in [1.165, 1.54) is 4.88 Å². The summed E-state index contributed by atoms with van der Waals surface area (Å²) in [6.45, 7) is 1.51. The molecule has 3 aromatic rings. The number of aromatic nitrogens is 1. The smallest absolute Gasteiger partial charge is 0.131 e. The number of nitrogens with zero attached hydrogens (tertiary/aromatic N) is 1. The molecule has 4 nitrogen and oxygen atoms in total. The van der Waals surface area contributed by atoms with Crippen LogP contribution in [0.4, 0.5) is 5.69 Å². The highest BCUT2D eigenvalue weighted by Gasteiger charge is 2.29. The Balaban J connectivity index is 1.72. The molecule has 3 N–H and O–H groups in total. The Kier molecular flexibility index (Phi) is 5.31. The van der Waals surface area contributed by atoms with Gasteiger partial charge >= 0.3 is 0 Å². The summed E-state index contributed by atoms with van der Waals surface area (Å²) in [6, 6.07) is 6.06. The van der Waals surface area contributed by atoms with E-state index < -0.39 is 0 Å². The number of ether oxygens (including phenoxy) is 1. The largest absolute Gasteiger partial charge is 0.379 e. The van der Waals surface area contributed by atoms with E-state index in [9.17, 15) is 0 Å². The van der Waals surface area contributed by atoms with E-state index >= 15 is 0 Å². The molecule has 0 spiro atoms. The fourth-order valence-electron chi connectivity index (χ4n) is 3.01. The quantitative estimate of drug-likeness (QED) is 0.502. The second-order valence-corrected chi connectivity index (χ2v) is 9.25. The van der Waals surface area contributed by atoms with Gasteiger partial charge < -0.3 is 15.8 Å². The van der Waals surface area contributed by atoms with Gasteiger partial charge in [-0.2, -0.15) is 0 Å². The molecule has 0 amide bonds. The number of anilines is 1. The van der Waals surface area contributed by atoms with E-state index in [2.05, 4.69) is 43.7 Å². The number of hydrogen-bond donors (Lipinski definition) is 2. The van der Waals surface area contributed by atoms with Crippen LogP contribution >= 0.6 is 50.2 Å². The molecule has 0 aliphatic carbocycles. The lowest BCUT2D eigenvalue weighted by Gasteiger charge is -2.28. The number of thiophene rings is 2. The Morgan fingerprint density at radius 1 is 1.48 bits per heavy atom. The molecule has 0 saturated carbocycles. The third-order valence-electron chi connectivity index (χ3n) is 4.24. The van der Waals surface area contributed by atoms with E-state index in [0.717, 1.165) is 51.2 Å². The summed E-state index contributed by atoms with van der Waals surface area (Å²) in [4.78, 5) is 6.88. The van der Waals surface area contributed by atoms with Crippen molar-refractivity contribution in [2.24, 2.45) is 5.73 Å². The zero-order valence-electron chi connectivity index (χ0n) is 13.3. The van der Waals surface area contributed by atoms with Crippen molar-refractivity contribution in [3.8, 4) is 0 Å². The summed E-state index contributed by atoms with van der Waals surface area (Å²) in [6.07, 6.45) is 1.90. The van der Waals surface area contributed by atoms with Crippen LogP contribution in [0.3, 0.4) is 0 Å². The van der Waals surface area contributed by atoms with Gasteiger partial charge in [-0.15, -0.1) is 22.7 Å². The molecule has 4 heterocycles. The van der Waals surface area contributed by atoms with Crippen molar-refractivity contribution in [3.63, 3.8) is 0 Å². The fraction of sp³-hybridized carbons (Fsp3) is 0.353. The minimum atomic E-state index is -0.0914. The molecular weight excluding hydrogens is 442 g/mol. The number of pyridine rings is 1. The minimum absolute atomic E-state index is 0.0103. The lowest BCUT2D eigenvalue weighted by atomic mass is 10.0. The van der Waals surface area contributed by atoms with E-state index in [1.54, 1.807) is 22.7 Å². The van der Waals surface area contributed by atoms with Crippen LogP contribution in [-0.4, -0.2) is 17.6 Å². The molecule has 2 atom stereocenters. The Labute approximate surface area is 167 Å². The number of rotatable bonds is 4. The molecule has 8 heteroatoms. The fourth-order valence-corrected chi connectivity index (χ4v) is 5.99. The van der Waals surface area contributed by atoms with Gasteiger partial charge in [0.15, 0.2) is 0 Å². The second-order valence-electron chi connectivity index (χ2n) is 5.98. The van der Waals surface area contributed by atoms with Crippen molar-refractivity contribution in [1.82, 2.24) is 4.98 Å². The number of fused-ring (bicyclic) bond motifs is 1. The highest BCUT2D eigenvalue weighted by Crippen LogP contribution is 2.45. The predicted molar refractivity (Wildman–Crippen MR) is 110 cm³/mol. The Hall–Kier alpha value is -0.700. The second kappa shape index (κ2) is 7.50. The Morgan fingerprint density at radius 3 is 3.12 bits per heavy atom. The number of hydrogen-bond acceptors (Lipinski definition) is 6. The Bertz CT molecular complexity index is 884. The van der Waals surface area contributed by atoms with E-state index in [-0.39, 0.29) is 12.1 Å². The van der Waals surface area contributed by atoms with Gasteiger partial charge in [-0.3, -0.25) is 0 Å². The third-order valence-corrected chi connectivity index (χ3v) is 7.65. The molecule has 0 bridgehead atoms. The first-order valence-corrected chi connectivity index (χ1v) is 10.9. The van der Waals surface area contributed by atoms with Crippen LogP contribution in [0, 0.1) is 0 Å². The maximum absolute atomic E-state index is 6.29. The molecule has 1 saturated heterocycles. The first kappa shape index (κ1) is 17.7. The zero-order valence-corrected chi connectivity index (χ0v) is 17.3. The normalized spacial score (nSPS) is 20.9. The molecule has 1 fully saturated rings. The van der Waals surface area contributed by atoms with E-state index in [0.29, 0.717) is 5.15 Å². The third kappa shape index (κ3) is 3.59. The van der Waals surface area contributed by atoms with Crippen LogP contribution in [0.1, 0.15) is 28.7 Å². The highest BCUT2D eigenvalue weighted by molar-refractivity contribution is 9.10. The highest BCUT2D eigenvalue weighted by atomic mass is 79.9. The monoisotopic (exact) mass is 457 g/mol. The van der Waals surface area contributed by atoms with Crippen LogP contribution in [0.25, 0.3) is 10.2 Å². The maximum atomic E-state index is 6.29. The lowest BCUT2D eigenvalue weighted by molar-refractivity contribution is 0.00202. The van der Waals surface area contributed by atoms with Crippen LogP contribution < -0.4 is 11.1 Å². The SMILES string of the molecule is N[C@@H]1CCCO[C@H]1c1sc2c(NCc3cccs3)cc(Cl)nc2c1Br. The first-order valence-electron chi connectivity index (χ1n) is 8.05. The summed E-state index contributed by atoms with van der Waals surface area (Å²) in [5, 5.41) is 6.04. The maximum Gasteiger partial charge on any atom is 0.131 e. The van der Waals surface area contributed by atoms with Gasteiger partial charge in [-0.25, -0.2) is 4.98 Å². The molecule has 1 aliphatic heterocycles. The van der Waals surface area contributed by atoms with Crippen molar-refractivity contribution < 1.29 is 4.74 Å². The van der Waals surface area contributed by atoms with Crippen molar-refractivity contribution >= 4 is 66.1 Å². The lowest BCUT2D eigenvalue weighted by Crippen LogP contribution is -2.34. The van der Waals surface area contributed by atoms with Crippen LogP contribution in [0.2, 0.25) is 5.15 Å². The summed E-state index contributed by atoms with van der Waals surface area (Å²) < 4.78 is 7.97. The number of halogens is 2. The van der Waals surface area contributed by atoms with Crippen LogP contribution in [0.15, 0.2) is 28.1 Å². The first-order chi connectivity index (χ1) is 12.1. The molecule has 132 valence electrons. The van der Waals surface area contributed by atoms with Gasteiger partial charge in [0.2, 0.25) is 0 Å². The Morgan fingerprint density at radius 2 is 2.36 bits per heavy atom. The molecule has 1 aliphatic rings. The van der Waals surface area contributed by atoms with Crippen LogP contribution in [0.5, 0.6) is 0 Å². The van der Waals surface area contributed by atoms with Gasteiger partial charge in [-0.05, 0) is 40.2 Å². The van der Waals surface area contributed by atoms with E-state index in [4.69, 9.17) is 22.1 Å². The summed E-state index contributed by atoms with van der Waals surface area (Å²) in [7, 11) is 0. The molecule has 3 aromatic heterocycles. The zero-order chi connectivity index (χ0) is 17.4. The molecule has 4 rings (SSSR count). The average molecular weight is 459 g/mol. The number of nitrogens with one attached hydrogen (secondary N) is 1. The topological polar surface area (TPSA) is 60.2 Å². The molecule has 0 unspecified atom stereocenters. The van der Waals surface area contributed by atoms with E-state index in [1.807, 2.05) is 6.07 Å². The van der Waals surface area contributed by atoms with Gasteiger partial charge in [0.25, 0.3) is 0 Å². The van der Waals surface area contributed by atoms with Gasteiger partial charge in [-0.1, -0.05) is 17.7 Å². The van der Waals surface area contributed by atoms with Crippen molar-refractivity contribution in [2.75, 3.05) is 11.9 Å². The minimum Gasteiger partial charge on any atom is -0.379 e. The standard InChI is InChI=1S/C17H17BrClN3OS2/c18-13-14-16(25-17(13)15-10(20)4-1-5-23-15)11(7-12(19)22-14)21-8-9-3-2-6-24-9/h2-3,6-7,10,15H,1,4-5,8,20H2,(H,21,22)/t10-,15-/m1/s1. The van der Waals surface area contributed by atoms with Crippen LogP contribution in [-0.2, 0) is 11.3 Å². The summed E-state index contributed by atoms with van der Waals surface area (Å²) in [5.74, 6) is 0. The molecule has 25 heavy (non-hydrogen) atoms.